The van der Waals surface area contributed by atoms with E-state index in [1.165, 1.54) is 5.56 Å². The van der Waals surface area contributed by atoms with Gasteiger partial charge in [0.2, 0.25) is 0 Å². The molecule has 1 aliphatic rings. The third-order valence-corrected chi connectivity index (χ3v) is 4.68. The fourth-order valence-electron chi connectivity index (χ4n) is 2.95. The van der Waals surface area contributed by atoms with Crippen molar-refractivity contribution in [3.05, 3.63) is 35.9 Å². The third kappa shape index (κ3) is 3.18. The van der Waals surface area contributed by atoms with Crippen LogP contribution in [0, 0.1) is 0 Å². The summed E-state index contributed by atoms with van der Waals surface area (Å²) >= 11 is 0. The lowest BCUT2D eigenvalue weighted by Gasteiger charge is -2.26. The molecule has 0 saturated carbocycles. The predicted molar refractivity (Wildman–Crippen MR) is 77.9 cm³/mol. The van der Waals surface area contributed by atoms with E-state index >= 15 is 0 Å². The SMILES string of the molecule is CCC1(CC)CC(CC)(CCc2ccccc2)OO1. The van der Waals surface area contributed by atoms with Crippen LogP contribution < -0.4 is 0 Å². The van der Waals surface area contributed by atoms with Crippen LogP contribution >= 0.6 is 0 Å². The fraction of sp³-hybridized carbons (Fsp3) is 0.647. The van der Waals surface area contributed by atoms with Gasteiger partial charge in [0, 0.05) is 6.42 Å². The number of benzene rings is 1. The van der Waals surface area contributed by atoms with E-state index in [4.69, 9.17) is 9.78 Å². The van der Waals surface area contributed by atoms with Crippen molar-refractivity contribution in [3.63, 3.8) is 0 Å². The zero-order chi connectivity index (χ0) is 13.8. The van der Waals surface area contributed by atoms with E-state index in [0.29, 0.717) is 0 Å². The maximum atomic E-state index is 5.81. The van der Waals surface area contributed by atoms with Gasteiger partial charge in [0.05, 0.1) is 0 Å². The van der Waals surface area contributed by atoms with Crippen molar-refractivity contribution in [1.29, 1.82) is 0 Å². The van der Waals surface area contributed by atoms with Gasteiger partial charge in [-0.15, -0.1) is 0 Å². The van der Waals surface area contributed by atoms with Crippen molar-refractivity contribution in [2.75, 3.05) is 0 Å². The van der Waals surface area contributed by atoms with E-state index in [0.717, 1.165) is 38.5 Å². The first-order valence-corrected chi connectivity index (χ1v) is 7.58. The molecule has 2 heteroatoms. The first kappa shape index (κ1) is 14.5. The van der Waals surface area contributed by atoms with Crippen LogP contribution in [0.15, 0.2) is 30.3 Å². The molecule has 0 aromatic heterocycles. The minimum absolute atomic E-state index is 0.0628. The smallest absolute Gasteiger partial charge is 0.106 e. The van der Waals surface area contributed by atoms with Gasteiger partial charge in [-0.05, 0) is 37.7 Å². The third-order valence-electron chi connectivity index (χ3n) is 4.68. The van der Waals surface area contributed by atoms with E-state index in [1.54, 1.807) is 0 Å². The summed E-state index contributed by atoms with van der Waals surface area (Å²) in [7, 11) is 0. The Labute approximate surface area is 117 Å². The molecule has 2 rings (SSSR count). The van der Waals surface area contributed by atoms with Crippen LogP contribution in [0.25, 0.3) is 0 Å². The Morgan fingerprint density at radius 2 is 1.47 bits per heavy atom. The van der Waals surface area contributed by atoms with Crippen molar-refractivity contribution >= 4 is 0 Å². The van der Waals surface area contributed by atoms with Crippen LogP contribution in [0.5, 0.6) is 0 Å². The molecule has 1 fully saturated rings. The lowest BCUT2D eigenvalue weighted by atomic mass is 9.80. The molecule has 0 aliphatic carbocycles. The van der Waals surface area contributed by atoms with Crippen LogP contribution in [0.4, 0.5) is 0 Å². The predicted octanol–water partition coefficient (Wildman–Crippen LogP) is 4.68. The molecule has 0 N–H and O–H groups in total. The Kier molecular flexibility index (Phi) is 4.64. The molecule has 1 aromatic rings. The van der Waals surface area contributed by atoms with Crippen molar-refractivity contribution in [1.82, 2.24) is 0 Å². The second-order valence-electron chi connectivity index (χ2n) is 5.76. The molecule has 1 aliphatic heterocycles. The summed E-state index contributed by atoms with van der Waals surface area (Å²) in [6, 6.07) is 10.6. The standard InChI is InChI=1S/C17H26O2/c1-4-16(5-2)14-17(6-3,19-18-16)13-12-15-10-8-7-9-11-15/h7-11H,4-6,12-14H2,1-3H3. The highest BCUT2D eigenvalue weighted by atomic mass is 17.2. The summed E-state index contributed by atoms with van der Waals surface area (Å²) in [5, 5.41) is 0. The molecule has 1 heterocycles. The molecule has 19 heavy (non-hydrogen) atoms. The Morgan fingerprint density at radius 1 is 0.895 bits per heavy atom. The molecule has 2 nitrogen and oxygen atoms in total. The van der Waals surface area contributed by atoms with Gasteiger partial charge < -0.3 is 0 Å². The largest absolute Gasteiger partial charge is 0.229 e. The average molecular weight is 262 g/mol. The minimum atomic E-state index is -0.0954. The summed E-state index contributed by atoms with van der Waals surface area (Å²) in [6.07, 6.45) is 6.18. The Hall–Kier alpha value is -0.860. The number of aryl methyl sites for hydroxylation is 1. The lowest BCUT2D eigenvalue weighted by Crippen LogP contribution is -2.32. The van der Waals surface area contributed by atoms with Gasteiger partial charge >= 0.3 is 0 Å². The van der Waals surface area contributed by atoms with E-state index in [1.807, 2.05) is 0 Å². The van der Waals surface area contributed by atoms with Gasteiger partial charge in [-0.25, -0.2) is 9.78 Å². The number of rotatable bonds is 6. The second kappa shape index (κ2) is 6.06. The summed E-state index contributed by atoms with van der Waals surface area (Å²) in [5.74, 6) is 0. The Balaban J connectivity index is 2.01. The van der Waals surface area contributed by atoms with Crippen molar-refractivity contribution in [2.24, 2.45) is 0 Å². The summed E-state index contributed by atoms with van der Waals surface area (Å²) in [5.41, 5.74) is 1.22. The topological polar surface area (TPSA) is 18.5 Å². The highest BCUT2D eigenvalue weighted by molar-refractivity contribution is 5.15. The Morgan fingerprint density at radius 3 is 2.00 bits per heavy atom. The molecule has 1 saturated heterocycles. The number of hydrogen-bond acceptors (Lipinski definition) is 2. The minimum Gasteiger partial charge on any atom is -0.229 e. The second-order valence-corrected chi connectivity index (χ2v) is 5.76. The summed E-state index contributed by atoms with van der Waals surface area (Å²) < 4.78 is 0. The van der Waals surface area contributed by atoms with Crippen LogP contribution in [0.3, 0.4) is 0 Å². The molecule has 0 spiro atoms. The highest BCUT2D eigenvalue weighted by Crippen LogP contribution is 2.44. The van der Waals surface area contributed by atoms with Gasteiger partial charge in [-0.2, -0.15) is 0 Å². The molecule has 1 unspecified atom stereocenters. The molecular formula is C17H26O2. The Bertz CT molecular complexity index is 384. The van der Waals surface area contributed by atoms with Gasteiger partial charge in [-0.3, -0.25) is 0 Å². The summed E-state index contributed by atoms with van der Waals surface area (Å²) in [4.78, 5) is 11.5. The molecule has 1 atom stereocenters. The van der Waals surface area contributed by atoms with Crippen LogP contribution in [0.2, 0.25) is 0 Å². The quantitative estimate of drug-likeness (QED) is 0.693. The van der Waals surface area contributed by atoms with Crippen LogP contribution in [-0.4, -0.2) is 11.2 Å². The molecule has 0 radical (unpaired) electrons. The van der Waals surface area contributed by atoms with E-state index < -0.39 is 0 Å². The molecule has 1 aromatic carbocycles. The van der Waals surface area contributed by atoms with E-state index in [9.17, 15) is 0 Å². The van der Waals surface area contributed by atoms with Crippen molar-refractivity contribution in [3.8, 4) is 0 Å². The number of hydrogen-bond donors (Lipinski definition) is 0. The zero-order valence-electron chi connectivity index (χ0n) is 12.4. The van der Waals surface area contributed by atoms with Gasteiger partial charge in [0.25, 0.3) is 0 Å². The first-order chi connectivity index (χ1) is 9.17. The fourth-order valence-corrected chi connectivity index (χ4v) is 2.95. The zero-order valence-corrected chi connectivity index (χ0v) is 12.4. The maximum Gasteiger partial charge on any atom is 0.106 e. The van der Waals surface area contributed by atoms with Crippen LogP contribution in [-0.2, 0) is 16.2 Å². The monoisotopic (exact) mass is 262 g/mol. The maximum absolute atomic E-state index is 5.81. The highest BCUT2D eigenvalue weighted by Gasteiger charge is 2.48. The van der Waals surface area contributed by atoms with Gasteiger partial charge in [0.15, 0.2) is 0 Å². The molecule has 0 amide bonds. The van der Waals surface area contributed by atoms with E-state index in [2.05, 4.69) is 51.1 Å². The van der Waals surface area contributed by atoms with Crippen molar-refractivity contribution < 1.29 is 9.78 Å². The van der Waals surface area contributed by atoms with Gasteiger partial charge in [-0.1, -0.05) is 51.1 Å². The first-order valence-electron chi connectivity index (χ1n) is 7.58. The summed E-state index contributed by atoms with van der Waals surface area (Å²) in [6.45, 7) is 6.58. The average Bonchev–Trinajstić information content (AvgIpc) is 2.87. The van der Waals surface area contributed by atoms with Crippen molar-refractivity contribution in [2.45, 2.75) is 70.5 Å². The van der Waals surface area contributed by atoms with Crippen LogP contribution in [0.1, 0.15) is 58.4 Å². The molecular weight excluding hydrogens is 236 g/mol. The molecule has 0 bridgehead atoms. The van der Waals surface area contributed by atoms with Gasteiger partial charge in [0.1, 0.15) is 11.2 Å². The molecule has 106 valence electrons. The van der Waals surface area contributed by atoms with E-state index in [-0.39, 0.29) is 11.2 Å². The lowest BCUT2D eigenvalue weighted by molar-refractivity contribution is -0.352. The normalized spacial score (nSPS) is 25.6.